The van der Waals surface area contributed by atoms with Gasteiger partial charge >= 0.3 is 12.4 Å². The zero-order chi connectivity index (χ0) is 16.5. The molecule has 0 saturated carbocycles. The minimum absolute atomic E-state index is 0.416. The van der Waals surface area contributed by atoms with Gasteiger partial charge in [-0.15, -0.1) is 10.0 Å². The van der Waals surface area contributed by atoms with E-state index < -0.39 is 40.9 Å². The number of hydrogen-bond acceptors (Lipinski definition) is 4. The van der Waals surface area contributed by atoms with Gasteiger partial charge in [0.2, 0.25) is 5.88 Å². The maximum atomic E-state index is 12.5. The van der Waals surface area contributed by atoms with Crippen molar-refractivity contribution in [3.8, 4) is 11.6 Å². The first-order chi connectivity index (χ1) is 10.1. The fourth-order valence-electron chi connectivity index (χ4n) is 1.46. The number of benzene rings is 1. The van der Waals surface area contributed by atoms with Gasteiger partial charge in [-0.25, -0.2) is 0 Å². The van der Waals surface area contributed by atoms with Crippen molar-refractivity contribution in [3.63, 3.8) is 0 Å². The van der Waals surface area contributed by atoms with Crippen LogP contribution in [0.1, 0.15) is 11.3 Å². The van der Waals surface area contributed by atoms with E-state index >= 15 is 0 Å². The zero-order valence-electron chi connectivity index (χ0n) is 10.3. The van der Waals surface area contributed by atoms with E-state index in [2.05, 4.69) is 10.3 Å². The minimum atomic E-state index is -4.70. The summed E-state index contributed by atoms with van der Waals surface area (Å²) in [5.41, 5.74) is -3.08. The van der Waals surface area contributed by atoms with E-state index in [0.717, 1.165) is 6.07 Å². The molecule has 0 aliphatic heterocycles. The molecule has 11 heteroatoms. The molecule has 5 nitrogen and oxygen atoms in total. The van der Waals surface area contributed by atoms with Crippen molar-refractivity contribution in [2.75, 3.05) is 0 Å². The molecule has 1 N–H and O–H groups in total. The summed E-state index contributed by atoms with van der Waals surface area (Å²) in [5.74, 6) is -1.03. The summed E-state index contributed by atoms with van der Waals surface area (Å²) in [7, 11) is 0. The fourth-order valence-corrected chi connectivity index (χ4v) is 1.46. The smallest absolute Gasteiger partial charge is 0.432 e. The van der Waals surface area contributed by atoms with Crippen LogP contribution in [-0.4, -0.2) is 10.2 Å². The molecule has 0 fully saturated rings. The number of alkyl halides is 6. The fraction of sp³-hybridized carbons (Fsp3) is 0.182. The van der Waals surface area contributed by atoms with Gasteiger partial charge in [-0.1, -0.05) is 0 Å². The molecule has 22 heavy (non-hydrogen) atoms. The Kier molecular flexibility index (Phi) is 3.81. The summed E-state index contributed by atoms with van der Waals surface area (Å²) in [4.78, 5) is 10.6. The molecule has 0 unspecified atom stereocenters. The second-order valence-corrected chi connectivity index (χ2v) is 3.99. The SMILES string of the molecule is O=Nc1cc(C(F)(F)F)ccc1Oc1cc(C(F)(F)F)[nH]n1. The first-order valence-corrected chi connectivity index (χ1v) is 5.46. The van der Waals surface area contributed by atoms with Crippen LogP contribution in [0.2, 0.25) is 0 Å². The molecule has 1 aromatic heterocycles. The van der Waals surface area contributed by atoms with E-state index in [1.165, 1.54) is 0 Å². The second kappa shape index (κ2) is 5.31. The molecule has 0 amide bonds. The van der Waals surface area contributed by atoms with E-state index in [0.29, 0.717) is 18.2 Å². The number of aromatic amines is 1. The van der Waals surface area contributed by atoms with Gasteiger partial charge in [0.15, 0.2) is 11.4 Å². The molecule has 0 bridgehead atoms. The number of H-pyrrole nitrogens is 1. The molecule has 2 aromatic rings. The minimum Gasteiger partial charge on any atom is -0.435 e. The van der Waals surface area contributed by atoms with Crippen LogP contribution in [0, 0.1) is 4.91 Å². The Hall–Kier alpha value is -2.59. The molecule has 0 aliphatic carbocycles. The highest BCUT2D eigenvalue weighted by atomic mass is 19.4. The highest BCUT2D eigenvalue weighted by Crippen LogP contribution is 2.38. The predicted molar refractivity (Wildman–Crippen MR) is 60.6 cm³/mol. The van der Waals surface area contributed by atoms with E-state index in [9.17, 15) is 31.2 Å². The number of ether oxygens (including phenoxy) is 1. The number of rotatable bonds is 3. The molecule has 0 atom stereocenters. The molecule has 118 valence electrons. The van der Waals surface area contributed by atoms with Gasteiger partial charge in [0.1, 0.15) is 5.69 Å². The molecule has 2 rings (SSSR count). The molecule has 1 aromatic carbocycles. The van der Waals surface area contributed by atoms with Crippen molar-refractivity contribution in [2.45, 2.75) is 12.4 Å². The Bertz CT molecular complexity index is 692. The molecule has 0 saturated heterocycles. The Morgan fingerprint density at radius 1 is 1.05 bits per heavy atom. The Labute approximate surface area is 117 Å². The quantitative estimate of drug-likeness (QED) is 0.660. The lowest BCUT2D eigenvalue weighted by atomic mass is 10.2. The summed E-state index contributed by atoms with van der Waals surface area (Å²) >= 11 is 0. The second-order valence-electron chi connectivity index (χ2n) is 3.99. The van der Waals surface area contributed by atoms with Crippen molar-refractivity contribution in [1.29, 1.82) is 0 Å². The van der Waals surface area contributed by atoms with Crippen LogP contribution in [0.4, 0.5) is 32.0 Å². The van der Waals surface area contributed by atoms with Crippen LogP contribution in [0.3, 0.4) is 0 Å². The number of nitrogens with zero attached hydrogens (tertiary/aromatic N) is 2. The van der Waals surface area contributed by atoms with Crippen LogP contribution in [0.15, 0.2) is 29.4 Å². The highest BCUT2D eigenvalue weighted by Gasteiger charge is 2.34. The van der Waals surface area contributed by atoms with Gasteiger partial charge in [-0.05, 0) is 23.4 Å². The zero-order valence-corrected chi connectivity index (χ0v) is 10.3. The lowest BCUT2D eigenvalue weighted by Gasteiger charge is -2.09. The topological polar surface area (TPSA) is 67.3 Å². The molecular formula is C11H5F6N3O2. The van der Waals surface area contributed by atoms with Gasteiger partial charge in [-0.2, -0.15) is 26.3 Å². The lowest BCUT2D eigenvalue weighted by molar-refractivity contribution is -0.141. The van der Waals surface area contributed by atoms with Crippen LogP contribution in [0.25, 0.3) is 0 Å². The van der Waals surface area contributed by atoms with E-state index in [1.54, 1.807) is 5.10 Å². The number of hydrogen-bond donors (Lipinski definition) is 1. The third-order valence-electron chi connectivity index (χ3n) is 2.46. The third-order valence-corrected chi connectivity index (χ3v) is 2.46. The maximum Gasteiger partial charge on any atom is 0.432 e. The van der Waals surface area contributed by atoms with E-state index in [-0.39, 0.29) is 0 Å². The Morgan fingerprint density at radius 2 is 1.73 bits per heavy atom. The number of nitroso groups, excluding NO2 is 1. The molecule has 0 radical (unpaired) electrons. The van der Waals surface area contributed by atoms with Crippen molar-refractivity contribution >= 4 is 5.69 Å². The summed E-state index contributed by atoms with van der Waals surface area (Å²) in [6.45, 7) is 0. The van der Waals surface area contributed by atoms with E-state index in [1.807, 2.05) is 0 Å². The lowest BCUT2D eigenvalue weighted by Crippen LogP contribution is -2.04. The van der Waals surface area contributed by atoms with Crippen LogP contribution in [0.5, 0.6) is 11.6 Å². The van der Waals surface area contributed by atoms with Gasteiger partial charge in [0.05, 0.1) is 5.56 Å². The first-order valence-electron chi connectivity index (χ1n) is 5.46. The van der Waals surface area contributed by atoms with Crippen LogP contribution < -0.4 is 4.74 Å². The number of nitrogens with one attached hydrogen (secondary N) is 1. The average Bonchev–Trinajstić information content (AvgIpc) is 2.86. The first kappa shape index (κ1) is 15.8. The van der Waals surface area contributed by atoms with Gasteiger partial charge in [0.25, 0.3) is 0 Å². The van der Waals surface area contributed by atoms with Gasteiger partial charge in [-0.3, -0.25) is 5.10 Å². The Morgan fingerprint density at radius 3 is 2.23 bits per heavy atom. The summed E-state index contributed by atoms with van der Waals surface area (Å²) in [5, 5.41) is 7.20. The predicted octanol–water partition coefficient (Wildman–Crippen LogP) is 4.64. The average molecular weight is 325 g/mol. The largest absolute Gasteiger partial charge is 0.435 e. The monoisotopic (exact) mass is 325 g/mol. The standard InChI is InChI=1S/C11H5F6N3O2/c12-10(13,14)5-1-2-7(6(3-5)20-21)22-9-4-8(18-19-9)11(15,16)17/h1-4H,(H,18,19). The van der Waals surface area contributed by atoms with Gasteiger partial charge < -0.3 is 4.74 Å². The van der Waals surface area contributed by atoms with Crippen molar-refractivity contribution in [1.82, 2.24) is 10.2 Å². The number of halogens is 6. The Balaban J connectivity index is 2.30. The van der Waals surface area contributed by atoms with Crippen LogP contribution in [-0.2, 0) is 12.4 Å². The van der Waals surface area contributed by atoms with Crippen molar-refractivity contribution in [2.24, 2.45) is 5.18 Å². The molecule has 0 aliphatic rings. The van der Waals surface area contributed by atoms with Crippen molar-refractivity contribution < 1.29 is 31.1 Å². The summed E-state index contributed by atoms with van der Waals surface area (Å²) < 4.78 is 79.3. The van der Waals surface area contributed by atoms with E-state index in [4.69, 9.17) is 4.74 Å². The summed E-state index contributed by atoms with van der Waals surface area (Å²) in [6, 6.07) is 2.27. The van der Waals surface area contributed by atoms with Crippen LogP contribution >= 0.6 is 0 Å². The normalized spacial score (nSPS) is 12.3. The maximum absolute atomic E-state index is 12.5. The third kappa shape index (κ3) is 3.35. The molecule has 0 spiro atoms. The summed E-state index contributed by atoms with van der Waals surface area (Å²) in [6.07, 6.45) is -9.39. The molecule has 1 heterocycles. The van der Waals surface area contributed by atoms with Gasteiger partial charge in [0, 0.05) is 6.07 Å². The highest BCUT2D eigenvalue weighted by molar-refractivity contribution is 5.55. The van der Waals surface area contributed by atoms with Crippen molar-refractivity contribution in [3.05, 3.63) is 40.4 Å². The molecular weight excluding hydrogens is 320 g/mol. The number of aromatic nitrogens is 2.